The molecule has 6 nitrogen and oxygen atoms in total. The summed E-state index contributed by atoms with van der Waals surface area (Å²) >= 11 is 0. The highest BCUT2D eigenvalue weighted by Crippen LogP contribution is 2.26. The second-order valence-electron chi connectivity index (χ2n) is 8.21. The van der Waals surface area contributed by atoms with Crippen LogP contribution in [-0.4, -0.2) is 26.5 Å². The minimum absolute atomic E-state index is 0.0846. The first-order chi connectivity index (χ1) is 16.0. The molecule has 0 saturated carbocycles. The molecule has 0 aliphatic rings. The highest BCUT2D eigenvalue weighted by Gasteiger charge is 2.17. The van der Waals surface area contributed by atoms with Gasteiger partial charge in [0, 0.05) is 41.3 Å². The van der Waals surface area contributed by atoms with Crippen LogP contribution in [0.2, 0.25) is 0 Å². The molecule has 1 amide bonds. The number of fused-ring (bicyclic) bond motifs is 2. The molecule has 3 aromatic heterocycles. The van der Waals surface area contributed by atoms with Crippen molar-refractivity contribution in [2.45, 2.75) is 19.9 Å². The molecule has 0 aliphatic heterocycles. The lowest BCUT2D eigenvalue weighted by Gasteiger charge is -2.15. The van der Waals surface area contributed by atoms with Crippen LogP contribution in [0, 0.1) is 0 Å². The largest absolute Gasteiger partial charge is 0.350 e. The zero-order valence-electron chi connectivity index (χ0n) is 18.3. The van der Waals surface area contributed by atoms with Gasteiger partial charge in [0.25, 0.3) is 5.91 Å². The van der Waals surface area contributed by atoms with Gasteiger partial charge in [-0.25, -0.2) is 4.98 Å². The summed E-state index contributed by atoms with van der Waals surface area (Å²) in [6.45, 7) is 3.72. The summed E-state index contributed by atoms with van der Waals surface area (Å²) in [7, 11) is 0. The maximum Gasteiger partial charge on any atom is 0.256 e. The second kappa shape index (κ2) is 8.31. The van der Waals surface area contributed by atoms with Gasteiger partial charge in [0.2, 0.25) is 5.43 Å². The van der Waals surface area contributed by atoms with Crippen molar-refractivity contribution in [3.63, 3.8) is 0 Å². The topological polar surface area (TPSA) is 76.9 Å². The molecule has 6 heteroatoms. The third-order valence-corrected chi connectivity index (χ3v) is 5.47. The SMILES string of the molecule is CC(C)NC(=O)c1cn(-c2cccc(-c3cnc4ccccc4c3)c2)c2ncccc2c1=O. The number of rotatable bonds is 4. The van der Waals surface area contributed by atoms with Crippen molar-refractivity contribution in [1.29, 1.82) is 0 Å². The minimum Gasteiger partial charge on any atom is -0.350 e. The molecule has 2 aromatic carbocycles. The summed E-state index contributed by atoms with van der Waals surface area (Å²) < 4.78 is 1.80. The Labute approximate surface area is 190 Å². The number of carbonyl (C=O) groups excluding carboxylic acids is 1. The number of carbonyl (C=O) groups is 1. The van der Waals surface area contributed by atoms with Crippen LogP contribution in [0.15, 0.2) is 90.1 Å². The van der Waals surface area contributed by atoms with Gasteiger partial charge in [-0.05, 0) is 55.8 Å². The molecule has 0 fully saturated rings. The van der Waals surface area contributed by atoms with E-state index in [4.69, 9.17) is 0 Å². The first-order valence-electron chi connectivity index (χ1n) is 10.8. The van der Waals surface area contributed by atoms with E-state index in [1.54, 1.807) is 29.1 Å². The lowest BCUT2D eigenvalue weighted by atomic mass is 10.0. The van der Waals surface area contributed by atoms with Gasteiger partial charge in [0.05, 0.1) is 10.9 Å². The predicted molar refractivity (Wildman–Crippen MR) is 131 cm³/mol. The van der Waals surface area contributed by atoms with E-state index in [1.165, 1.54) is 0 Å². The first kappa shape index (κ1) is 20.6. The Morgan fingerprint density at radius 3 is 2.64 bits per heavy atom. The van der Waals surface area contributed by atoms with E-state index in [0.29, 0.717) is 11.0 Å². The first-order valence-corrected chi connectivity index (χ1v) is 10.8. The standard InChI is InChI=1S/C27H22N4O2/c1-17(2)30-27(33)23-16-31(26-22(25(23)32)10-6-12-28-26)21-9-5-8-18(14-21)20-13-19-7-3-4-11-24(19)29-15-20/h3-17H,1-2H3,(H,30,33). The molecule has 0 saturated heterocycles. The number of pyridine rings is 3. The second-order valence-corrected chi connectivity index (χ2v) is 8.21. The van der Waals surface area contributed by atoms with Gasteiger partial charge in [-0.1, -0.05) is 30.3 Å². The van der Waals surface area contributed by atoms with Gasteiger partial charge >= 0.3 is 0 Å². The highest BCUT2D eigenvalue weighted by molar-refractivity contribution is 5.97. The smallest absolute Gasteiger partial charge is 0.256 e. The number of nitrogens with one attached hydrogen (secondary N) is 1. The Balaban J connectivity index is 1.68. The summed E-state index contributed by atoms with van der Waals surface area (Å²) in [5, 5.41) is 4.27. The average molecular weight is 434 g/mol. The van der Waals surface area contributed by atoms with Crippen molar-refractivity contribution in [3.8, 4) is 16.8 Å². The Kier molecular flexibility index (Phi) is 5.18. The zero-order chi connectivity index (χ0) is 22.9. The van der Waals surface area contributed by atoms with Gasteiger partial charge in [0.1, 0.15) is 11.2 Å². The molecule has 0 spiro atoms. The number of hydrogen-bond donors (Lipinski definition) is 1. The van der Waals surface area contributed by atoms with Crippen molar-refractivity contribution >= 4 is 27.8 Å². The van der Waals surface area contributed by atoms with Crippen LogP contribution in [0.25, 0.3) is 38.8 Å². The zero-order valence-corrected chi connectivity index (χ0v) is 18.3. The summed E-state index contributed by atoms with van der Waals surface area (Å²) in [4.78, 5) is 34.8. The predicted octanol–water partition coefficient (Wildman–Crippen LogP) is 4.74. The fourth-order valence-electron chi connectivity index (χ4n) is 3.92. The number of aromatic nitrogens is 3. The fourth-order valence-corrected chi connectivity index (χ4v) is 3.92. The Morgan fingerprint density at radius 1 is 0.939 bits per heavy atom. The molecule has 0 radical (unpaired) electrons. The number of nitrogens with zero attached hydrogens (tertiary/aromatic N) is 3. The molecule has 0 bridgehead atoms. The van der Waals surface area contributed by atoms with Crippen LogP contribution < -0.4 is 10.7 Å². The molecule has 1 N–H and O–H groups in total. The van der Waals surface area contributed by atoms with Crippen molar-refractivity contribution in [2.75, 3.05) is 0 Å². The highest BCUT2D eigenvalue weighted by atomic mass is 16.2. The quantitative estimate of drug-likeness (QED) is 0.443. The van der Waals surface area contributed by atoms with Crippen LogP contribution in [0.1, 0.15) is 24.2 Å². The van der Waals surface area contributed by atoms with E-state index < -0.39 is 5.91 Å². The molecular formula is C27H22N4O2. The molecule has 162 valence electrons. The lowest BCUT2D eigenvalue weighted by Crippen LogP contribution is -2.34. The van der Waals surface area contributed by atoms with E-state index in [-0.39, 0.29) is 17.0 Å². The number of hydrogen-bond acceptors (Lipinski definition) is 4. The molecule has 0 unspecified atom stereocenters. The van der Waals surface area contributed by atoms with Crippen molar-refractivity contribution < 1.29 is 4.79 Å². The van der Waals surface area contributed by atoms with Gasteiger partial charge in [-0.15, -0.1) is 0 Å². The normalized spacial score (nSPS) is 11.2. The molecule has 0 atom stereocenters. The van der Waals surface area contributed by atoms with Crippen LogP contribution in [-0.2, 0) is 0 Å². The van der Waals surface area contributed by atoms with E-state index in [1.807, 2.05) is 68.6 Å². The number of para-hydroxylation sites is 1. The fraction of sp³-hybridized carbons (Fsp3) is 0.111. The third kappa shape index (κ3) is 3.87. The van der Waals surface area contributed by atoms with Crippen LogP contribution in [0.4, 0.5) is 0 Å². The third-order valence-electron chi connectivity index (χ3n) is 5.47. The molecule has 5 rings (SSSR count). The van der Waals surface area contributed by atoms with E-state index >= 15 is 0 Å². The van der Waals surface area contributed by atoms with Gasteiger partial charge in [0.15, 0.2) is 0 Å². The Bertz CT molecular complexity index is 1570. The summed E-state index contributed by atoms with van der Waals surface area (Å²) in [5.74, 6) is -0.399. The average Bonchev–Trinajstić information content (AvgIpc) is 2.84. The van der Waals surface area contributed by atoms with Gasteiger partial charge < -0.3 is 9.88 Å². The summed E-state index contributed by atoms with van der Waals surface area (Å²) in [6.07, 6.45) is 5.07. The Hall–Kier alpha value is -4.32. The monoisotopic (exact) mass is 434 g/mol. The van der Waals surface area contributed by atoms with Crippen LogP contribution in [0.3, 0.4) is 0 Å². The molecule has 33 heavy (non-hydrogen) atoms. The Morgan fingerprint density at radius 2 is 1.79 bits per heavy atom. The molecule has 3 heterocycles. The van der Waals surface area contributed by atoms with E-state index in [0.717, 1.165) is 27.7 Å². The molecule has 5 aromatic rings. The summed E-state index contributed by atoms with van der Waals surface area (Å²) in [6, 6.07) is 21.3. The minimum atomic E-state index is -0.399. The van der Waals surface area contributed by atoms with Gasteiger partial charge in [-0.2, -0.15) is 0 Å². The summed E-state index contributed by atoms with van der Waals surface area (Å²) in [5.41, 5.74) is 3.94. The van der Waals surface area contributed by atoms with Gasteiger partial charge in [-0.3, -0.25) is 14.6 Å². The van der Waals surface area contributed by atoms with Crippen LogP contribution >= 0.6 is 0 Å². The number of benzene rings is 2. The van der Waals surface area contributed by atoms with E-state index in [2.05, 4.69) is 21.4 Å². The van der Waals surface area contributed by atoms with Crippen LogP contribution in [0.5, 0.6) is 0 Å². The van der Waals surface area contributed by atoms with E-state index in [9.17, 15) is 9.59 Å². The number of amides is 1. The molecule has 0 aliphatic carbocycles. The molecular weight excluding hydrogens is 412 g/mol. The lowest BCUT2D eigenvalue weighted by molar-refractivity contribution is 0.0941. The maximum atomic E-state index is 13.0. The maximum absolute atomic E-state index is 13.0. The van der Waals surface area contributed by atoms with Crippen molar-refractivity contribution in [2.24, 2.45) is 0 Å². The van der Waals surface area contributed by atoms with Crippen molar-refractivity contribution in [1.82, 2.24) is 19.9 Å². The van der Waals surface area contributed by atoms with Crippen molar-refractivity contribution in [3.05, 3.63) is 101 Å².